The summed E-state index contributed by atoms with van der Waals surface area (Å²) >= 11 is 15.0. The summed E-state index contributed by atoms with van der Waals surface area (Å²) in [5.74, 6) is 0.401. The Morgan fingerprint density at radius 2 is 1.92 bits per heavy atom. The van der Waals surface area contributed by atoms with Gasteiger partial charge in [-0.15, -0.1) is 10.2 Å². The highest BCUT2D eigenvalue weighted by Gasteiger charge is 2.18. The molecule has 0 saturated carbocycles. The molecule has 0 atom stereocenters. The molecule has 1 aromatic carbocycles. The van der Waals surface area contributed by atoms with Crippen LogP contribution >= 0.6 is 46.3 Å². The smallest absolute Gasteiger partial charge is 0.174 e. The zero-order valence-corrected chi connectivity index (χ0v) is 17.0. The van der Waals surface area contributed by atoms with Crippen LogP contribution in [0.5, 0.6) is 0 Å². The first kappa shape index (κ1) is 18.5. The SMILES string of the molecule is Cc1nnc(SCC(=O)c2cc(C)n(-c3ccc(Cl)c(Cl)c3)c2C)s1. The monoisotopic (exact) mass is 411 g/mol. The Kier molecular flexibility index (Phi) is 5.53. The van der Waals surface area contributed by atoms with Crippen LogP contribution in [0.1, 0.15) is 26.8 Å². The van der Waals surface area contributed by atoms with E-state index in [1.807, 2.05) is 37.5 Å². The molecule has 0 amide bonds. The lowest BCUT2D eigenvalue weighted by Gasteiger charge is -2.11. The largest absolute Gasteiger partial charge is 0.318 e. The van der Waals surface area contributed by atoms with Crippen molar-refractivity contribution in [3.05, 3.63) is 56.3 Å². The molecular formula is C17H15Cl2N3OS2. The molecule has 0 bridgehead atoms. The molecule has 0 aliphatic heterocycles. The number of halogens is 2. The summed E-state index contributed by atoms with van der Waals surface area (Å²) in [5.41, 5.74) is 3.44. The fourth-order valence-electron chi connectivity index (χ4n) is 2.61. The summed E-state index contributed by atoms with van der Waals surface area (Å²) in [6.07, 6.45) is 0. The van der Waals surface area contributed by atoms with E-state index >= 15 is 0 Å². The van der Waals surface area contributed by atoms with E-state index < -0.39 is 0 Å². The summed E-state index contributed by atoms with van der Waals surface area (Å²) in [4.78, 5) is 12.6. The second-order valence-corrected chi connectivity index (χ2v) is 8.74. The molecule has 3 aromatic rings. The van der Waals surface area contributed by atoms with Crippen molar-refractivity contribution in [2.75, 3.05) is 5.75 Å². The molecule has 0 radical (unpaired) electrons. The minimum Gasteiger partial charge on any atom is -0.318 e. The summed E-state index contributed by atoms with van der Waals surface area (Å²) in [6.45, 7) is 5.80. The first-order chi connectivity index (χ1) is 11.9. The molecule has 0 saturated heterocycles. The number of ketones is 1. The Labute approximate surface area is 164 Å². The Balaban J connectivity index is 1.85. The molecule has 0 aliphatic carbocycles. The summed E-state index contributed by atoms with van der Waals surface area (Å²) in [6, 6.07) is 7.36. The van der Waals surface area contributed by atoms with Crippen molar-refractivity contribution < 1.29 is 4.79 Å². The zero-order chi connectivity index (χ0) is 18.1. The quantitative estimate of drug-likeness (QED) is 0.408. The van der Waals surface area contributed by atoms with Gasteiger partial charge in [0.15, 0.2) is 10.1 Å². The minimum atomic E-state index is 0.0669. The van der Waals surface area contributed by atoms with Gasteiger partial charge in [0, 0.05) is 22.6 Å². The molecule has 8 heteroatoms. The van der Waals surface area contributed by atoms with E-state index in [1.165, 1.54) is 23.1 Å². The number of benzene rings is 1. The highest BCUT2D eigenvalue weighted by Crippen LogP contribution is 2.29. The predicted molar refractivity (Wildman–Crippen MR) is 105 cm³/mol. The van der Waals surface area contributed by atoms with Crippen molar-refractivity contribution in [2.45, 2.75) is 25.1 Å². The molecule has 0 N–H and O–H groups in total. The van der Waals surface area contributed by atoms with Gasteiger partial charge in [0.05, 0.1) is 15.8 Å². The molecular weight excluding hydrogens is 397 g/mol. The van der Waals surface area contributed by atoms with Crippen LogP contribution in [0.2, 0.25) is 10.0 Å². The van der Waals surface area contributed by atoms with E-state index in [0.29, 0.717) is 21.4 Å². The van der Waals surface area contributed by atoms with Gasteiger partial charge in [-0.2, -0.15) is 0 Å². The van der Waals surface area contributed by atoms with Crippen molar-refractivity contribution in [3.63, 3.8) is 0 Å². The van der Waals surface area contributed by atoms with Gasteiger partial charge in [-0.1, -0.05) is 46.3 Å². The number of thioether (sulfide) groups is 1. The topological polar surface area (TPSA) is 47.8 Å². The molecule has 0 fully saturated rings. The van der Waals surface area contributed by atoms with Gasteiger partial charge < -0.3 is 4.57 Å². The number of carbonyl (C=O) groups is 1. The average Bonchev–Trinajstić information content (AvgIpc) is 3.11. The Bertz CT molecular complexity index is 950. The van der Waals surface area contributed by atoms with Gasteiger partial charge in [-0.3, -0.25) is 4.79 Å². The number of Topliss-reactive ketones (excluding diaryl/α,β-unsaturated/α-hetero) is 1. The fourth-order valence-corrected chi connectivity index (χ4v) is 4.60. The average molecular weight is 412 g/mol. The third-order valence-corrected chi connectivity index (χ3v) is 6.44. The normalized spacial score (nSPS) is 11.1. The number of hydrogen-bond acceptors (Lipinski definition) is 5. The van der Waals surface area contributed by atoms with Crippen molar-refractivity contribution >= 4 is 52.1 Å². The van der Waals surface area contributed by atoms with Gasteiger partial charge in [-0.25, -0.2) is 0 Å². The van der Waals surface area contributed by atoms with E-state index in [2.05, 4.69) is 10.2 Å². The minimum absolute atomic E-state index is 0.0669. The molecule has 0 aliphatic rings. The highest BCUT2D eigenvalue weighted by atomic mass is 35.5. The van der Waals surface area contributed by atoms with Gasteiger partial charge in [0.25, 0.3) is 0 Å². The third-order valence-electron chi connectivity index (χ3n) is 3.73. The van der Waals surface area contributed by atoms with Crippen molar-refractivity contribution in [3.8, 4) is 5.69 Å². The standard InChI is InChI=1S/C17H15Cl2N3OS2/c1-9-6-13(16(23)8-24-17-21-20-11(3)25-17)10(2)22(9)12-4-5-14(18)15(19)7-12/h4-7H,8H2,1-3H3. The Morgan fingerprint density at radius 1 is 1.16 bits per heavy atom. The first-order valence-corrected chi connectivity index (χ1v) is 10.0. The van der Waals surface area contributed by atoms with E-state index in [4.69, 9.17) is 23.2 Å². The lowest BCUT2D eigenvalue weighted by atomic mass is 10.2. The van der Waals surface area contributed by atoms with E-state index in [0.717, 1.165) is 26.4 Å². The fraction of sp³-hybridized carbons (Fsp3) is 0.235. The van der Waals surface area contributed by atoms with Crippen LogP contribution in [0.25, 0.3) is 5.69 Å². The zero-order valence-electron chi connectivity index (χ0n) is 13.8. The van der Waals surface area contributed by atoms with Crippen LogP contribution in [0, 0.1) is 20.8 Å². The number of aromatic nitrogens is 3. The van der Waals surface area contributed by atoms with Crippen molar-refractivity contribution in [2.24, 2.45) is 0 Å². The lowest BCUT2D eigenvalue weighted by molar-refractivity contribution is 0.102. The van der Waals surface area contributed by atoms with Crippen LogP contribution in [-0.4, -0.2) is 26.3 Å². The highest BCUT2D eigenvalue weighted by molar-refractivity contribution is 8.01. The first-order valence-electron chi connectivity index (χ1n) is 7.47. The van der Waals surface area contributed by atoms with Gasteiger partial charge in [-0.05, 0) is 45.0 Å². The van der Waals surface area contributed by atoms with Crippen molar-refractivity contribution in [1.29, 1.82) is 0 Å². The summed E-state index contributed by atoms with van der Waals surface area (Å²) in [7, 11) is 0. The number of carbonyl (C=O) groups excluding carboxylic acids is 1. The molecule has 130 valence electrons. The number of hydrogen-bond donors (Lipinski definition) is 0. The predicted octanol–water partition coefficient (Wildman–Crippen LogP) is 5.54. The maximum absolute atomic E-state index is 12.6. The van der Waals surface area contributed by atoms with Gasteiger partial charge in [0.2, 0.25) is 0 Å². The number of rotatable bonds is 5. The second kappa shape index (κ2) is 7.50. The molecule has 4 nitrogen and oxygen atoms in total. The molecule has 2 heterocycles. The van der Waals surface area contributed by atoms with Gasteiger partial charge >= 0.3 is 0 Å². The molecule has 2 aromatic heterocycles. The van der Waals surface area contributed by atoms with Crippen molar-refractivity contribution in [1.82, 2.24) is 14.8 Å². The Morgan fingerprint density at radius 3 is 2.56 bits per heavy atom. The van der Waals surface area contributed by atoms with Crippen LogP contribution in [0.4, 0.5) is 0 Å². The molecule has 0 spiro atoms. The van der Waals surface area contributed by atoms with Crippen LogP contribution in [0.15, 0.2) is 28.6 Å². The lowest BCUT2D eigenvalue weighted by Crippen LogP contribution is -2.05. The second-order valence-electron chi connectivity index (χ2n) is 5.52. The molecule has 3 rings (SSSR count). The summed E-state index contributed by atoms with van der Waals surface area (Å²) in [5, 5.41) is 9.90. The van der Waals surface area contributed by atoms with Crippen LogP contribution in [0.3, 0.4) is 0 Å². The maximum atomic E-state index is 12.6. The van der Waals surface area contributed by atoms with E-state index in [-0.39, 0.29) is 5.78 Å². The Hall–Kier alpha value is -1.34. The summed E-state index contributed by atoms with van der Waals surface area (Å²) < 4.78 is 2.82. The van der Waals surface area contributed by atoms with E-state index in [9.17, 15) is 4.79 Å². The number of aryl methyl sites for hydroxylation is 2. The molecule has 25 heavy (non-hydrogen) atoms. The van der Waals surface area contributed by atoms with Gasteiger partial charge in [0.1, 0.15) is 5.01 Å². The number of nitrogens with zero attached hydrogens (tertiary/aromatic N) is 3. The van der Waals surface area contributed by atoms with E-state index in [1.54, 1.807) is 12.1 Å². The maximum Gasteiger partial charge on any atom is 0.174 e. The van der Waals surface area contributed by atoms with Crippen LogP contribution in [-0.2, 0) is 0 Å². The van der Waals surface area contributed by atoms with Crippen LogP contribution < -0.4 is 0 Å². The third kappa shape index (κ3) is 3.92. The molecule has 0 unspecified atom stereocenters.